The molecule has 5 rings (SSSR count). The summed E-state index contributed by atoms with van der Waals surface area (Å²) in [6, 6.07) is 8.98. The van der Waals surface area contributed by atoms with Crippen LogP contribution in [0.5, 0.6) is 23.0 Å². The average molecular weight is 542 g/mol. The quantitative estimate of drug-likeness (QED) is 0.379. The third-order valence-electron chi connectivity index (χ3n) is 6.68. The van der Waals surface area contributed by atoms with Gasteiger partial charge in [-0.3, -0.25) is 0 Å². The monoisotopic (exact) mass is 541 g/mol. The van der Waals surface area contributed by atoms with Crippen molar-refractivity contribution in [2.75, 3.05) is 41.1 Å². The van der Waals surface area contributed by atoms with Crippen molar-refractivity contribution >= 4 is 0 Å². The van der Waals surface area contributed by atoms with Gasteiger partial charge in [-0.1, -0.05) is 12.1 Å². The number of methoxy groups -OCH3 is 3. The van der Waals surface area contributed by atoms with Gasteiger partial charge >= 0.3 is 0 Å². The number of hydrogen-bond donors (Lipinski definition) is 4. The van der Waals surface area contributed by atoms with Gasteiger partial charge in [0.05, 0.1) is 62.9 Å². The van der Waals surface area contributed by atoms with Crippen molar-refractivity contribution < 1.29 is 63.2 Å². The second-order valence-electron chi connectivity index (χ2n) is 8.71. The Bertz CT molecular complexity index is 1440. The molecule has 0 spiro atoms. The highest BCUT2D eigenvalue weighted by atomic mass is 16.7. The number of hydrogen-bond acceptors (Lipinski definition) is 11. The van der Waals surface area contributed by atoms with Crippen LogP contribution in [0.2, 0.25) is 0 Å². The molecule has 4 N–H and O–H groups in total. The Morgan fingerprint density at radius 2 is 1.32 bits per heavy atom. The first-order valence-electron chi connectivity index (χ1n) is 15.2. The Balaban J connectivity index is 1.43. The van der Waals surface area contributed by atoms with Gasteiger partial charge in [0.25, 0.3) is 0 Å². The highest BCUT2D eigenvalue weighted by Gasteiger charge is 2.49. The molecular formula is C27H34O11. The van der Waals surface area contributed by atoms with Gasteiger partial charge < -0.3 is 53.6 Å². The number of aliphatic hydroxyl groups is 4. The molecule has 9 atom stereocenters. The van der Waals surface area contributed by atoms with E-state index in [0.717, 1.165) is 0 Å². The molecule has 2 aromatic carbocycles. The second kappa shape index (κ2) is 11.2. The molecule has 3 heterocycles. The molecule has 3 aliphatic heterocycles. The fourth-order valence-corrected chi connectivity index (χ4v) is 4.73. The highest BCUT2D eigenvalue weighted by molar-refractivity contribution is 5.45. The van der Waals surface area contributed by atoms with Crippen LogP contribution in [0.3, 0.4) is 0 Å². The fourth-order valence-electron chi connectivity index (χ4n) is 4.73. The molecule has 38 heavy (non-hydrogen) atoms. The summed E-state index contributed by atoms with van der Waals surface area (Å²) in [5, 5.41) is 41.2. The lowest BCUT2D eigenvalue weighted by molar-refractivity contribution is -0.277. The summed E-state index contributed by atoms with van der Waals surface area (Å²) in [7, 11) is 4.20. The van der Waals surface area contributed by atoms with Gasteiger partial charge in [-0.25, -0.2) is 0 Å². The van der Waals surface area contributed by atoms with Crippen molar-refractivity contribution in [2.45, 2.75) is 42.8 Å². The molecule has 3 fully saturated rings. The van der Waals surface area contributed by atoms with Crippen LogP contribution in [0.15, 0.2) is 36.4 Å². The maximum Gasteiger partial charge on any atom is 0.229 e. The Kier molecular flexibility index (Phi) is 5.74. The molecule has 11 nitrogen and oxygen atoms in total. The SMILES string of the molecule is [2H]C([2H])(O)C1OC(Oc2ccc(C3([2H])OCC4C3COC4([2H])c3ccc(OC)c(OC)c3)cc2OC)C([2H])(O)C([2H])(O)C1([2H])O. The van der Waals surface area contributed by atoms with Crippen molar-refractivity contribution in [1.82, 2.24) is 0 Å². The number of fused-ring (bicyclic) bond motifs is 1. The van der Waals surface area contributed by atoms with Crippen LogP contribution in [-0.4, -0.2) is 92.2 Å². The molecule has 0 saturated carbocycles. The standard InChI is InChI=1S/C27H34O11/c1-32-17-6-4-13(8-19(17)33-2)25-15-11-36-26(16(15)12-35-25)14-5-7-18(20(9-14)34-3)37-27-24(31)23(30)22(29)21(10-28)38-27/h4-9,15-16,21-31H,10-12H2,1-3H3/i10D2,22D,23D,24D,25D,26D. The molecule has 2 aromatic rings. The topological polar surface area (TPSA) is 146 Å². The first-order valence-corrected chi connectivity index (χ1v) is 11.7. The van der Waals surface area contributed by atoms with Crippen LogP contribution in [0, 0.1) is 11.8 Å². The van der Waals surface area contributed by atoms with Gasteiger partial charge in [-0.15, -0.1) is 0 Å². The van der Waals surface area contributed by atoms with E-state index in [9.17, 15) is 23.2 Å². The third kappa shape index (κ3) is 4.79. The summed E-state index contributed by atoms with van der Waals surface area (Å²) in [5.41, 5.74) is 0.740. The molecule has 0 aliphatic carbocycles. The molecule has 0 amide bonds. The predicted molar refractivity (Wildman–Crippen MR) is 131 cm³/mol. The lowest BCUT2D eigenvalue weighted by atomic mass is 9.85. The van der Waals surface area contributed by atoms with E-state index in [1.54, 1.807) is 18.2 Å². The lowest BCUT2D eigenvalue weighted by Gasteiger charge is -2.39. The number of ether oxygens (including phenoxy) is 7. The van der Waals surface area contributed by atoms with Crippen molar-refractivity contribution in [3.05, 3.63) is 47.5 Å². The fraction of sp³-hybridized carbons (Fsp3) is 0.556. The van der Waals surface area contributed by atoms with E-state index in [4.69, 9.17) is 40.0 Å². The molecule has 0 bridgehead atoms. The molecule has 3 saturated heterocycles. The van der Waals surface area contributed by atoms with E-state index in [1.165, 1.54) is 39.5 Å². The van der Waals surface area contributed by atoms with E-state index >= 15 is 0 Å². The van der Waals surface area contributed by atoms with Gasteiger partial charge in [0.1, 0.15) is 24.3 Å². The van der Waals surface area contributed by atoms with Gasteiger partial charge in [0, 0.05) is 11.8 Å². The van der Waals surface area contributed by atoms with E-state index < -0.39 is 61.2 Å². The molecular weight excluding hydrogens is 500 g/mol. The van der Waals surface area contributed by atoms with Crippen LogP contribution in [-0.2, 0) is 14.2 Å². The number of benzene rings is 2. The van der Waals surface area contributed by atoms with Crippen molar-refractivity contribution in [2.24, 2.45) is 11.8 Å². The molecule has 11 heteroatoms. The zero-order chi connectivity index (χ0) is 33.4. The first kappa shape index (κ1) is 19.4. The average Bonchev–Trinajstić information content (AvgIpc) is 3.51. The zero-order valence-electron chi connectivity index (χ0n) is 27.8. The predicted octanol–water partition coefficient (Wildman–Crippen LogP) is 0.966. The lowest BCUT2D eigenvalue weighted by Crippen LogP contribution is -2.60. The largest absolute Gasteiger partial charge is 0.493 e. The molecule has 208 valence electrons. The minimum Gasteiger partial charge on any atom is -0.493 e. The molecule has 9 unspecified atom stereocenters. The van der Waals surface area contributed by atoms with Gasteiger partial charge in [0.2, 0.25) is 6.29 Å². The minimum atomic E-state index is -3.84. The summed E-state index contributed by atoms with van der Waals surface area (Å²) >= 11 is 0. The smallest absolute Gasteiger partial charge is 0.229 e. The zero-order valence-corrected chi connectivity index (χ0v) is 20.8. The molecule has 3 aliphatic rings. The summed E-state index contributed by atoms with van der Waals surface area (Å²) < 4.78 is 95.9. The molecule has 0 aromatic heterocycles. The van der Waals surface area contributed by atoms with E-state index in [2.05, 4.69) is 0 Å². The normalized spacial score (nSPS) is 47.3. The van der Waals surface area contributed by atoms with E-state index in [0.29, 0.717) is 17.1 Å². The van der Waals surface area contributed by atoms with Crippen LogP contribution >= 0.6 is 0 Å². The van der Waals surface area contributed by atoms with Crippen molar-refractivity contribution in [1.29, 1.82) is 0 Å². The van der Waals surface area contributed by atoms with E-state index in [-0.39, 0.29) is 30.3 Å². The number of rotatable bonds is 8. The van der Waals surface area contributed by atoms with Crippen molar-refractivity contribution in [3.8, 4) is 23.0 Å². The Hall–Kier alpha value is -2.64. The van der Waals surface area contributed by atoms with Gasteiger partial charge in [0.15, 0.2) is 23.0 Å². The Morgan fingerprint density at radius 1 is 0.789 bits per heavy atom. The summed E-state index contributed by atoms with van der Waals surface area (Å²) in [6.45, 7) is -3.52. The summed E-state index contributed by atoms with van der Waals surface area (Å²) in [5.74, 6) is -0.703. The van der Waals surface area contributed by atoms with Crippen LogP contribution in [0.4, 0.5) is 0 Å². The summed E-state index contributed by atoms with van der Waals surface area (Å²) in [6.07, 6.45) is -19.5. The molecule has 0 radical (unpaired) electrons. The van der Waals surface area contributed by atoms with Crippen molar-refractivity contribution in [3.63, 3.8) is 0 Å². The van der Waals surface area contributed by atoms with Gasteiger partial charge in [-0.2, -0.15) is 0 Å². The Morgan fingerprint density at radius 3 is 1.84 bits per heavy atom. The minimum absolute atomic E-state index is 0.00295. The van der Waals surface area contributed by atoms with Crippen LogP contribution < -0.4 is 18.9 Å². The third-order valence-corrected chi connectivity index (χ3v) is 6.68. The van der Waals surface area contributed by atoms with E-state index in [1.807, 2.05) is 0 Å². The maximum absolute atomic E-state index is 10.6. The van der Waals surface area contributed by atoms with Gasteiger partial charge in [-0.05, 0) is 35.4 Å². The second-order valence-corrected chi connectivity index (χ2v) is 8.71. The highest BCUT2D eigenvalue weighted by Crippen LogP contribution is 2.51. The Labute approximate surface area is 230 Å². The maximum atomic E-state index is 10.6. The van der Waals surface area contributed by atoms with Crippen LogP contribution in [0.25, 0.3) is 0 Å². The van der Waals surface area contributed by atoms with Crippen LogP contribution in [0.1, 0.15) is 32.9 Å². The summed E-state index contributed by atoms with van der Waals surface area (Å²) in [4.78, 5) is 0. The first-order chi connectivity index (χ1) is 20.8.